The molecule has 152 valence electrons. The zero-order valence-corrected chi connectivity index (χ0v) is 16.6. The summed E-state index contributed by atoms with van der Waals surface area (Å²) >= 11 is 0. The smallest absolute Gasteiger partial charge is 0.408 e. The van der Waals surface area contributed by atoms with Crippen molar-refractivity contribution in [1.29, 1.82) is 0 Å². The lowest BCUT2D eigenvalue weighted by molar-refractivity contribution is 0.0856. The van der Waals surface area contributed by atoms with Crippen molar-refractivity contribution in [1.82, 2.24) is 9.80 Å². The van der Waals surface area contributed by atoms with Gasteiger partial charge in [0, 0.05) is 25.2 Å². The molecule has 1 unspecified atom stereocenters. The lowest BCUT2D eigenvalue weighted by Crippen LogP contribution is -2.65. The summed E-state index contributed by atoms with van der Waals surface area (Å²) in [6.07, 6.45) is -1.22. The Bertz CT molecular complexity index is 1100. The van der Waals surface area contributed by atoms with Crippen LogP contribution < -0.4 is 0 Å². The van der Waals surface area contributed by atoms with E-state index in [2.05, 4.69) is 4.40 Å². The van der Waals surface area contributed by atoms with Gasteiger partial charge in [0.2, 0.25) is 0 Å². The number of hydrogen-bond donors (Lipinski definition) is 1. The van der Waals surface area contributed by atoms with Crippen LogP contribution in [0.15, 0.2) is 52.9 Å². The van der Waals surface area contributed by atoms with E-state index < -0.39 is 27.5 Å². The van der Waals surface area contributed by atoms with Gasteiger partial charge in [0.05, 0.1) is 5.75 Å². The third-order valence-corrected chi connectivity index (χ3v) is 6.71. The van der Waals surface area contributed by atoms with Crippen molar-refractivity contribution in [2.45, 2.75) is 12.5 Å². The van der Waals surface area contributed by atoms with Gasteiger partial charge in [0.25, 0.3) is 10.0 Å². The highest BCUT2D eigenvalue weighted by molar-refractivity contribution is 7.90. The van der Waals surface area contributed by atoms with Crippen molar-refractivity contribution in [2.75, 3.05) is 25.4 Å². The minimum absolute atomic E-state index is 0.115. The van der Waals surface area contributed by atoms with Crippen LogP contribution in [0.1, 0.15) is 12.5 Å². The maximum Gasteiger partial charge on any atom is 0.408 e. The van der Waals surface area contributed by atoms with Crippen LogP contribution in [-0.2, 0) is 15.6 Å². The molecule has 0 bridgehead atoms. The van der Waals surface area contributed by atoms with Crippen molar-refractivity contribution in [3.8, 4) is 11.1 Å². The predicted molar refractivity (Wildman–Crippen MR) is 107 cm³/mol. The molecule has 1 amide bonds. The number of sulfonamides is 1. The first-order valence-corrected chi connectivity index (χ1v) is 10.8. The Kier molecular flexibility index (Phi) is 4.57. The molecule has 2 aromatic carbocycles. The van der Waals surface area contributed by atoms with Crippen molar-refractivity contribution in [3.05, 3.63) is 59.9 Å². The van der Waals surface area contributed by atoms with Crippen LogP contribution in [0, 0.1) is 5.82 Å². The molecule has 2 aliphatic rings. The van der Waals surface area contributed by atoms with Gasteiger partial charge in [-0.2, -0.15) is 0 Å². The fraction of sp³-hybridized carbons (Fsp3) is 0.300. The predicted octanol–water partition coefficient (Wildman–Crippen LogP) is 2.75. The Balaban J connectivity index is 1.88. The zero-order valence-electron chi connectivity index (χ0n) is 15.7. The minimum atomic E-state index is -3.71. The second-order valence-electron chi connectivity index (χ2n) is 7.26. The van der Waals surface area contributed by atoms with E-state index in [0.717, 1.165) is 4.90 Å². The molecule has 0 saturated carbocycles. The standard InChI is InChI=1S/C20H20FN3O4S/c1-20(15-7-8-16(17(21)13-15)14-5-3-2-4-6-14)18-22-29(27,28)12-11-23(18)9-10-24(20)19(25)26/h2-8,13H,9-12H2,1H3,(H,25,26). The summed E-state index contributed by atoms with van der Waals surface area (Å²) in [4.78, 5) is 14.9. The molecule has 29 heavy (non-hydrogen) atoms. The number of carboxylic acid groups (broad SMARTS) is 1. The van der Waals surface area contributed by atoms with E-state index in [4.69, 9.17) is 0 Å². The number of carbonyl (C=O) groups is 1. The Labute approximate surface area is 168 Å². The summed E-state index contributed by atoms with van der Waals surface area (Å²) in [6, 6.07) is 13.5. The number of fused-ring (bicyclic) bond motifs is 1. The lowest BCUT2D eigenvalue weighted by atomic mass is 9.85. The molecular weight excluding hydrogens is 397 g/mol. The van der Waals surface area contributed by atoms with Gasteiger partial charge in [-0.3, -0.25) is 4.90 Å². The molecule has 0 aliphatic carbocycles. The number of benzene rings is 2. The maximum atomic E-state index is 15.0. The summed E-state index contributed by atoms with van der Waals surface area (Å²) in [5, 5.41) is 9.77. The molecule has 0 radical (unpaired) electrons. The van der Waals surface area contributed by atoms with Gasteiger partial charge in [-0.05, 0) is 24.1 Å². The molecule has 1 saturated heterocycles. The number of halogens is 1. The number of nitrogens with zero attached hydrogens (tertiary/aromatic N) is 3. The number of amides is 1. The first-order valence-electron chi connectivity index (χ1n) is 9.16. The molecule has 1 fully saturated rings. The largest absolute Gasteiger partial charge is 0.465 e. The van der Waals surface area contributed by atoms with E-state index in [0.29, 0.717) is 23.2 Å². The average molecular weight is 417 g/mol. The van der Waals surface area contributed by atoms with E-state index in [1.54, 1.807) is 48.2 Å². The van der Waals surface area contributed by atoms with Gasteiger partial charge < -0.3 is 10.0 Å². The van der Waals surface area contributed by atoms with Crippen molar-refractivity contribution >= 4 is 22.0 Å². The van der Waals surface area contributed by atoms with Gasteiger partial charge in [0.15, 0.2) is 0 Å². The molecule has 2 aliphatic heterocycles. The third-order valence-electron chi connectivity index (χ3n) is 5.56. The van der Waals surface area contributed by atoms with E-state index in [-0.39, 0.29) is 24.7 Å². The summed E-state index contributed by atoms with van der Waals surface area (Å²) in [6.45, 7) is 2.30. The molecule has 4 rings (SSSR count). The van der Waals surface area contributed by atoms with Crippen LogP contribution in [0.2, 0.25) is 0 Å². The van der Waals surface area contributed by atoms with Gasteiger partial charge in [-0.15, -0.1) is 4.40 Å². The number of amidine groups is 1. The van der Waals surface area contributed by atoms with Gasteiger partial charge in [-0.1, -0.05) is 42.5 Å². The summed E-state index contributed by atoms with van der Waals surface area (Å²) < 4.78 is 43.2. The Hall–Kier alpha value is -2.94. The van der Waals surface area contributed by atoms with Crippen molar-refractivity contribution < 1.29 is 22.7 Å². The van der Waals surface area contributed by atoms with Crippen LogP contribution in [0.4, 0.5) is 9.18 Å². The molecule has 9 heteroatoms. The SMILES string of the molecule is CC1(c2ccc(-c3ccccc3)c(F)c2)C2=NS(=O)(=O)CCN2CCN1C(=O)O. The monoisotopic (exact) mass is 417 g/mol. The van der Waals surface area contributed by atoms with Gasteiger partial charge >= 0.3 is 6.09 Å². The highest BCUT2D eigenvalue weighted by Crippen LogP contribution is 2.38. The second kappa shape index (κ2) is 6.84. The average Bonchev–Trinajstić information content (AvgIpc) is 2.68. The quantitative estimate of drug-likeness (QED) is 0.812. The first-order chi connectivity index (χ1) is 13.7. The third kappa shape index (κ3) is 3.25. The Morgan fingerprint density at radius 1 is 1.14 bits per heavy atom. The van der Waals surface area contributed by atoms with Crippen LogP contribution >= 0.6 is 0 Å². The van der Waals surface area contributed by atoms with Crippen LogP contribution in [-0.4, -0.2) is 60.6 Å². The Morgan fingerprint density at radius 2 is 1.86 bits per heavy atom. The summed E-state index contributed by atoms with van der Waals surface area (Å²) in [5.41, 5.74) is -0.0175. The lowest BCUT2D eigenvalue weighted by Gasteiger charge is -2.50. The number of rotatable bonds is 2. The molecular formula is C20H20FN3O4S. The molecule has 1 atom stereocenters. The van der Waals surface area contributed by atoms with E-state index in [1.807, 2.05) is 6.07 Å². The Morgan fingerprint density at radius 3 is 2.52 bits per heavy atom. The van der Waals surface area contributed by atoms with Gasteiger partial charge in [-0.25, -0.2) is 17.6 Å². The van der Waals surface area contributed by atoms with E-state index >= 15 is 4.39 Å². The van der Waals surface area contributed by atoms with Crippen LogP contribution in [0.5, 0.6) is 0 Å². The highest BCUT2D eigenvalue weighted by Gasteiger charge is 2.49. The molecule has 1 N–H and O–H groups in total. The fourth-order valence-corrected chi connectivity index (χ4v) is 5.09. The molecule has 2 aromatic rings. The molecule has 0 aromatic heterocycles. The normalized spacial score (nSPS) is 23.3. The van der Waals surface area contributed by atoms with Crippen molar-refractivity contribution in [3.63, 3.8) is 0 Å². The van der Waals surface area contributed by atoms with Crippen LogP contribution in [0.3, 0.4) is 0 Å². The highest BCUT2D eigenvalue weighted by atomic mass is 32.2. The summed E-state index contributed by atoms with van der Waals surface area (Å²) in [7, 11) is -3.71. The van der Waals surface area contributed by atoms with E-state index in [1.165, 1.54) is 6.07 Å². The zero-order chi connectivity index (χ0) is 20.8. The number of hydrogen-bond acceptors (Lipinski definition) is 4. The van der Waals surface area contributed by atoms with Gasteiger partial charge in [0.1, 0.15) is 17.2 Å². The minimum Gasteiger partial charge on any atom is -0.465 e. The second-order valence-corrected chi connectivity index (χ2v) is 9.01. The van der Waals surface area contributed by atoms with Crippen LogP contribution in [0.25, 0.3) is 11.1 Å². The first kappa shape index (κ1) is 19.4. The topological polar surface area (TPSA) is 90.3 Å². The number of piperazine rings is 1. The molecule has 2 heterocycles. The summed E-state index contributed by atoms with van der Waals surface area (Å²) in [5.74, 6) is -0.526. The molecule has 7 nitrogen and oxygen atoms in total. The fourth-order valence-electron chi connectivity index (χ4n) is 3.99. The maximum absolute atomic E-state index is 15.0. The molecule has 0 spiro atoms. The van der Waals surface area contributed by atoms with E-state index in [9.17, 15) is 18.3 Å². The van der Waals surface area contributed by atoms with Crippen molar-refractivity contribution in [2.24, 2.45) is 4.40 Å².